The number of nitroso groups, excluding NO2 is 1. The molecule has 9 rings (SSSR count). The van der Waals surface area contributed by atoms with Crippen LogP contribution in [0.1, 0.15) is 17.0 Å². The molecule has 0 radical (unpaired) electrons. The highest BCUT2D eigenvalue weighted by Crippen LogP contribution is 2.58. The van der Waals surface area contributed by atoms with E-state index in [1.807, 2.05) is 6.07 Å². The van der Waals surface area contributed by atoms with Crippen molar-refractivity contribution in [3.8, 4) is 39.1 Å². The number of aromatic nitrogens is 2. The van der Waals surface area contributed by atoms with E-state index in [0.29, 0.717) is 0 Å². The Balaban J connectivity index is 1.35. The number of hydrogen-bond acceptors (Lipinski definition) is 3. The van der Waals surface area contributed by atoms with Gasteiger partial charge in [-0.3, -0.25) is 4.57 Å². The minimum Gasteiger partial charge on any atom is -0.296 e. The summed E-state index contributed by atoms with van der Waals surface area (Å²) in [7, 11) is 6.71. The fourth-order valence-electron chi connectivity index (χ4n) is 8.90. The molecular formula is C43H34B3N3O. The molecule has 1 aliphatic carbocycles. The molecule has 0 saturated carbocycles. The molecule has 1 atom stereocenters. The zero-order valence-corrected chi connectivity index (χ0v) is 28.7. The number of para-hydroxylation sites is 3. The number of fused-ring (bicyclic) bond motifs is 6. The van der Waals surface area contributed by atoms with E-state index in [0.717, 1.165) is 33.7 Å². The highest BCUT2D eigenvalue weighted by atomic mass is 16.3. The molecule has 0 bridgehead atoms. The van der Waals surface area contributed by atoms with Gasteiger partial charge in [-0.2, -0.15) is 4.91 Å². The summed E-state index contributed by atoms with van der Waals surface area (Å²) in [5.41, 5.74) is 12.1. The molecule has 0 amide bonds. The van der Waals surface area contributed by atoms with Crippen LogP contribution in [0.4, 0.5) is 0 Å². The van der Waals surface area contributed by atoms with Gasteiger partial charge in [0.05, 0.1) is 46.8 Å². The lowest BCUT2D eigenvalue weighted by Gasteiger charge is -2.42. The second-order valence-corrected chi connectivity index (χ2v) is 14.6. The van der Waals surface area contributed by atoms with Crippen LogP contribution >= 0.6 is 0 Å². The molecule has 0 aliphatic heterocycles. The zero-order chi connectivity index (χ0) is 34.2. The first-order chi connectivity index (χ1) is 24.3. The standard InChI is InChI=1S/C43H34B3N3O/c1-26-48-37-19-9-11-21-39(37)49(26)38-20-10-7-17-34(38)41-32-15-4-2-13-30(32)40(31-14-3-5-16-33(31)41)27-22-23-29-28-12-6-8-18-35(28)42(25-47-50,36(29)24-27)43(44,45)46/h2-24H,25,44-46H2,1H3. The van der Waals surface area contributed by atoms with Crippen LogP contribution in [-0.4, -0.2) is 39.6 Å². The molecule has 0 fully saturated rings. The molecule has 0 N–H and O–H groups in total. The van der Waals surface area contributed by atoms with Crippen LogP contribution in [0.5, 0.6) is 0 Å². The van der Waals surface area contributed by atoms with E-state index in [1.54, 1.807) is 0 Å². The maximum absolute atomic E-state index is 12.3. The van der Waals surface area contributed by atoms with Gasteiger partial charge in [-0.1, -0.05) is 126 Å². The summed E-state index contributed by atoms with van der Waals surface area (Å²) in [6.07, 6.45) is 0. The largest absolute Gasteiger partial charge is 0.296 e. The molecule has 236 valence electrons. The Morgan fingerprint density at radius 2 is 1.20 bits per heavy atom. The van der Waals surface area contributed by atoms with Gasteiger partial charge in [-0.05, 0) is 91.7 Å². The average Bonchev–Trinajstić information content (AvgIpc) is 3.62. The Hall–Kier alpha value is -5.68. The Morgan fingerprint density at radius 1 is 0.640 bits per heavy atom. The highest BCUT2D eigenvalue weighted by Gasteiger charge is 2.51. The van der Waals surface area contributed by atoms with Crippen molar-refractivity contribution in [2.75, 3.05) is 6.54 Å². The van der Waals surface area contributed by atoms with Crippen LogP contribution in [0.3, 0.4) is 0 Å². The third-order valence-corrected chi connectivity index (χ3v) is 11.1. The Morgan fingerprint density at radius 3 is 1.88 bits per heavy atom. The van der Waals surface area contributed by atoms with Gasteiger partial charge < -0.3 is 0 Å². The van der Waals surface area contributed by atoms with Crippen LogP contribution < -0.4 is 0 Å². The molecule has 8 aromatic rings. The molecule has 1 aromatic heterocycles. The maximum atomic E-state index is 12.3. The SMILES string of the molecule is BC(B)(B)C1(CN=O)c2ccccc2-c2ccc(-c3c4ccccc4c(-c4ccccc4-n4c(C)nc5ccccc54)c4ccccc34)cc21. The van der Waals surface area contributed by atoms with E-state index in [1.165, 1.54) is 54.9 Å². The first-order valence-corrected chi connectivity index (χ1v) is 17.3. The van der Waals surface area contributed by atoms with Gasteiger partial charge in [0, 0.05) is 11.0 Å². The molecule has 1 aliphatic rings. The first-order valence-electron chi connectivity index (χ1n) is 17.3. The van der Waals surface area contributed by atoms with Gasteiger partial charge in [0.15, 0.2) is 0 Å². The van der Waals surface area contributed by atoms with Gasteiger partial charge >= 0.3 is 0 Å². The highest BCUT2D eigenvalue weighted by molar-refractivity contribution is 6.60. The lowest BCUT2D eigenvalue weighted by Crippen LogP contribution is -2.44. The second kappa shape index (κ2) is 11.2. The van der Waals surface area contributed by atoms with E-state index in [2.05, 4.69) is 174 Å². The number of rotatable bonds is 6. The minimum absolute atomic E-state index is 0.184. The summed E-state index contributed by atoms with van der Waals surface area (Å²) in [5.74, 6) is 0.954. The van der Waals surface area contributed by atoms with E-state index < -0.39 is 5.41 Å². The summed E-state index contributed by atoms with van der Waals surface area (Å²) in [6.45, 7) is 2.27. The van der Waals surface area contributed by atoms with Gasteiger partial charge in [0.1, 0.15) is 5.82 Å². The quantitative estimate of drug-likeness (QED) is 0.105. The van der Waals surface area contributed by atoms with Crippen molar-refractivity contribution >= 4 is 56.1 Å². The summed E-state index contributed by atoms with van der Waals surface area (Å²) < 4.78 is 2.29. The third-order valence-electron chi connectivity index (χ3n) is 11.1. The van der Waals surface area contributed by atoms with Crippen molar-refractivity contribution in [1.29, 1.82) is 0 Å². The first kappa shape index (κ1) is 30.4. The number of nitrogens with zero attached hydrogens (tertiary/aromatic N) is 3. The number of hydrogen-bond donors (Lipinski definition) is 0. The van der Waals surface area contributed by atoms with Crippen LogP contribution in [0.15, 0.2) is 145 Å². The average molecular weight is 641 g/mol. The van der Waals surface area contributed by atoms with Crippen LogP contribution in [-0.2, 0) is 5.41 Å². The van der Waals surface area contributed by atoms with Gasteiger partial charge in [-0.25, -0.2) is 4.98 Å². The maximum Gasteiger partial charge on any atom is 0.111 e. The predicted molar refractivity (Wildman–Crippen MR) is 217 cm³/mol. The molecule has 1 unspecified atom stereocenters. The summed E-state index contributed by atoms with van der Waals surface area (Å²) in [4.78, 5) is 17.2. The van der Waals surface area contributed by atoms with Crippen molar-refractivity contribution in [2.45, 2.75) is 17.5 Å². The molecule has 7 aromatic carbocycles. The minimum atomic E-state index is -0.549. The van der Waals surface area contributed by atoms with Crippen LogP contribution in [0, 0.1) is 11.8 Å². The smallest absolute Gasteiger partial charge is 0.111 e. The molecule has 4 nitrogen and oxygen atoms in total. The van der Waals surface area contributed by atoms with E-state index in [4.69, 9.17) is 4.98 Å². The monoisotopic (exact) mass is 641 g/mol. The van der Waals surface area contributed by atoms with Crippen LogP contribution in [0.2, 0.25) is 5.11 Å². The van der Waals surface area contributed by atoms with Crippen molar-refractivity contribution in [1.82, 2.24) is 9.55 Å². The molecular weight excluding hydrogens is 607 g/mol. The fourth-order valence-corrected chi connectivity index (χ4v) is 8.90. The van der Waals surface area contributed by atoms with E-state index in [-0.39, 0.29) is 11.7 Å². The van der Waals surface area contributed by atoms with Crippen molar-refractivity contribution in [3.05, 3.63) is 161 Å². The Bertz CT molecular complexity index is 2620. The zero-order valence-electron chi connectivity index (χ0n) is 28.7. The molecule has 50 heavy (non-hydrogen) atoms. The number of imidazole rings is 1. The molecule has 7 heteroatoms. The molecule has 1 heterocycles. The Labute approximate surface area is 294 Å². The number of benzene rings is 7. The second-order valence-electron chi connectivity index (χ2n) is 14.6. The van der Waals surface area contributed by atoms with Crippen LogP contribution in [0.25, 0.3) is 71.6 Å². The van der Waals surface area contributed by atoms with E-state index in [9.17, 15) is 4.91 Å². The van der Waals surface area contributed by atoms with Crippen molar-refractivity contribution in [2.24, 2.45) is 5.18 Å². The lowest BCUT2D eigenvalue weighted by atomic mass is 9.31. The summed E-state index contributed by atoms with van der Waals surface area (Å²) >= 11 is 0. The molecule has 0 saturated heterocycles. The van der Waals surface area contributed by atoms with Gasteiger partial charge in [0.25, 0.3) is 0 Å². The van der Waals surface area contributed by atoms with E-state index >= 15 is 0 Å². The third kappa shape index (κ3) is 4.19. The van der Waals surface area contributed by atoms with Gasteiger partial charge in [-0.15, -0.1) is 0 Å². The summed E-state index contributed by atoms with van der Waals surface area (Å²) in [6, 6.07) is 50.1. The normalized spacial score (nSPS) is 15.4. The van der Waals surface area contributed by atoms with Crippen molar-refractivity contribution < 1.29 is 0 Å². The van der Waals surface area contributed by atoms with Crippen molar-refractivity contribution in [3.63, 3.8) is 0 Å². The number of aryl methyl sites for hydroxylation is 1. The predicted octanol–water partition coefficient (Wildman–Crippen LogP) is 7.98. The molecule has 0 spiro atoms. The summed E-state index contributed by atoms with van der Waals surface area (Å²) in [5, 5.41) is 8.10. The fraction of sp³-hybridized carbons (Fsp3) is 0.0930. The van der Waals surface area contributed by atoms with Gasteiger partial charge in [0.2, 0.25) is 0 Å². The lowest BCUT2D eigenvalue weighted by molar-refractivity contribution is 0.542. The topological polar surface area (TPSA) is 47.2 Å². The Kier molecular flexibility index (Phi) is 6.79.